The first kappa shape index (κ1) is 13.1. The fraction of sp³-hybridized carbons (Fsp3) is 0.455. The Balaban J connectivity index is 2.00. The highest BCUT2D eigenvalue weighted by Gasteiger charge is 2.30. The molecule has 0 aromatic carbocycles. The molecular formula is C11H13N3O5. The molecule has 102 valence electrons. The molecule has 0 bridgehead atoms. The zero-order valence-corrected chi connectivity index (χ0v) is 9.96. The van der Waals surface area contributed by atoms with Crippen molar-refractivity contribution >= 4 is 17.8 Å². The number of carbonyl (C=O) groups is 3. The first-order valence-corrected chi connectivity index (χ1v) is 5.76. The van der Waals surface area contributed by atoms with Gasteiger partial charge in [-0.05, 0) is 12.8 Å². The summed E-state index contributed by atoms with van der Waals surface area (Å²) < 4.78 is 4.98. The minimum Gasteiger partial charge on any atom is -0.480 e. The van der Waals surface area contributed by atoms with Crippen LogP contribution in [-0.4, -0.2) is 34.1 Å². The van der Waals surface area contributed by atoms with Crippen molar-refractivity contribution in [1.82, 2.24) is 10.5 Å². The van der Waals surface area contributed by atoms with Crippen LogP contribution in [0.1, 0.15) is 41.4 Å². The SMILES string of the molecule is NC(=O)C[C@@H](NC(=O)c1cc(C2CC2)on1)C(=O)O. The number of nitrogens with zero attached hydrogens (tertiary/aromatic N) is 1. The highest BCUT2D eigenvalue weighted by Crippen LogP contribution is 2.40. The first-order valence-electron chi connectivity index (χ1n) is 5.76. The fourth-order valence-corrected chi connectivity index (χ4v) is 1.59. The van der Waals surface area contributed by atoms with Gasteiger partial charge in [-0.15, -0.1) is 0 Å². The highest BCUT2D eigenvalue weighted by atomic mass is 16.5. The van der Waals surface area contributed by atoms with Gasteiger partial charge in [-0.3, -0.25) is 9.59 Å². The van der Waals surface area contributed by atoms with Crippen LogP contribution in [0.15, 0.2) is 10.6 Å². The minimum atomic E-state index is -1.37. The lowest BCUT2D eigenvalue weighted by atomic mass is 10.2. The number of rotatable bonds is 6. The normalized spacial score (nSPS) is 15.8. The molecule has 0 aliphatic heterocycles. The van der Waals surface area contributed by atoms with Crippen LogP contribution in [0.3, 0.4) is 0 Å². The van der Waals surface area contributed by atoms with Crippen molar-refractivity contribution in [2.24, 2.45) is 5.73 Å². The van der Waals surface area contributed by atoms with Crippen molar-refractivity contribution in [1.29, 1.82) is 0 Å². The van der Waals surface area contributed by atoms with E-state index in [1.165, 1.54) is 6.07 Å². The summed E-state index contributed by atoms with van der Waals surface area (Å²) >= 11 is 0. The summed E-state index contributed by atoms with van der Waals surface area (Å²) in [5, 5.41) is 14.6. The van der Waals surface area contributed by atoms with E-state index >= 15 is 0 Å². The van der Waals surface area contributed by atoms with E-state index in [2.05, 4.69) is 10.5 Å². The fourth-order valence-electron chi connectivity index (χ4n) is 1.59. The predicted octanol–water partition coefficient (Wildman–Crippen LogP) is -0.390. The number of hydrogen-bond acceptors (Lipinski definition) is 5. The van der Waals surface area contributed by atoms with Gasteiger partial charge in [-0.2, -0.15) is 0 Å². The molecule has 1 aliphatic carbocycles. The summed E-state index contributed by atoms with van der Waals surface area (Å²) in [5.41, 5.74) is 4.91. The molecule has 2 rings (SSSR count). The highest BCUT2D eigenvalue weighted by molar-refractivity contribution is 5.96. The molecule has 1 saturated carbocycles. The van der Waals surface area contributed by atoms with Gasteiger partial charge in [0.25, 0.3) is 5.91 Å². The number of carboxylic acids is 1. The van der Waals surface area contributed by atoms with Gasteiger partial charge in [-0.1, -0.05) is 5.16 Å². The van der Waals surface area contributed by atoms with Gasteiger partial charge >= 0.3 is 5.97 Å². The minimum absolute atomic E-state index is 0.00220. The van der Waals surface area contributed by atoms with Crippen LogP contribution in [0, 0.1) is 0 Å². The topological polar surface area (TPSA) is 136 Å². The molecule has 1 heterocycles. The second kappa shape index (κ2) is 5.09. The average Bonchev–Trinajstić information content (AvgIpc) is 3.05. The van der Waals surface area contributed by atoms with E-state index < -0.39 is 30.2 Å². The molecule has 1 aromatic heterocycles. The standard InChI is InChI=1S/C11H13N3O5/c12-9(15)4-7(11(17)18)13-10(16)6-3-8(19-14-6)5-1-2-5/h3,5,7H,1-2,4H2,(H2,12,15)(H,13,16)(H,17,18)/t7-/m1/s1. The maximum absolute atomic E-state index is 11.7. The van der Waals surface area contributed by atoms with Crippen LogP contribution in [0.5, 0.6) is 0 Å². The van der Waals surface area contributed by atoms with Crippen molar-refractivity contribution in [2.45, 2.75) is 31.2 Å². The van der Waals surface area contributed by atoms with Gasteiger partial charge in [0, 0.05) is 12.0 Å². The van der Waals surface area contributed by atoms with E-state index in [1.807, 2.05) is 0 Å². The molecule has 1 atom stereocenters. The third-order valence-electron chi connectivity index (χ3n) is 2.75. The first-order chi connectivity index (χ1) is 8.97. The van der Waals surface area contributed by atoms with Gasteiger partial charge in [-0.25, -0.2) is 4.79 Å². The molecule has 1 fully saturated rings. The van der Waals surface area contributed by atoms with Gasteiger partial charge in [0.15, 0.2) is 5.69 Å². The van der Waals surface area contributed by atoms with Gasteiger partial charge in [0.2, 0.25) is 5.91 Å². The Hall–Kier alpha value is -2.38. The molecular weight excluding hydrogens is 254 g/mol. The quantitative estimate of drug-likeness (QED) is 0.642. The van der Waals surface area contributed by atoms with Crippen molar-refractivity contribution in [3.8, 4) is 0 Å². The van der Waals surface area contributed by atoms with Crippen molar-refractivity contribution in [3.63, 3.8) is 0 Å². The smallest absolute Gasteiger partial charge is 0.326 e. The van der Waals surface area contributed by atoms with E-state index in [0.717, 1.165) is 12.8 Å². The number of hydrogen-bond donors (Lipinski definition) is 3. The zero-order chi connectivity index (χ0) is 14.0. The third kappa shape index (κ3) is 3.30. The molecule has 4 N–H and O–H groups in total. The van der Waals surface area contributed by atoms with E-state index in [-0.39, 0.29) is 5.69 Å². The summed E-state index contributed by atoms with van der Waals surface area (Å²) in [6.45, 7) is 0. The van der Waals surface area contributed by atoms with Crippen LogP contribution < -0.4 is 11.1 Å². The number of nitrogens with one attached hydrogen (secondary N) is 1. The summed E-state index contributed by atoms with van der Waals surface area (Å²) in [6, 6.07) is 0.113. The van der Waals surface area contributed by atoms with E-state index in [4.69, 9.17) is 15.4 Å². The molecule has 19 heavy (non-hydrogen) atoms. The Kier molecular flexibility index (Phi) is 3.50. The average molecular weight is 267 g/mol. The molecule has 0 spiro atoms. The number of carbonyl (C=O) groups excluding carboxylic acids is 2. The van der Waals surface area contributed by atoms with Gasteiger partial charge in [0.1, 0.15) is 11.8 Å². The Bertz CT molecular complexity index is 520. The Labute approximate surface area is 107 Å². The zero-order valence-electron chi connectivity index (χ0n) is 9.96. The van der Waals surface area contributed by atoms with Crippen LogP contribution in [-0.2, 0) is 9.59 Å². The summed E-state index contributed by atoms with van der Waals surface area (Å²) in [7, 11) is 0. The molecule has 2 amide bonds. The lowest BCUT2D eigenvalue weighted by molar-refractivity contribution is -0.140. The van der Waals surface area contributed by atoms with Crippen molar-refractivity contribution in [3.05, 3.63) is 17.5 Å². The monoisotopic (exact) mass is 267 g/mol. The molecule has 8 heteroatoms. The van der Waals surface area contributed by atoms with Crippen LogP contribution in [0.2, 0.25) is 0 Å². The summed E-state index contributed by atoms with van der Waals surface area (Å²) in [4.78, 5) is 33.3. The second-order valence-corrected chi connectivity index (χ2v) is 4.42. The van der Waals surface area contributed by atoms with E-state index in [9.17, 15) is 14.4 Å². The summed E-state index contributed by atoms with van der Waals surface area (Å²) in [6.07, 6.45) is 1.51. The lowest BCUT2D eigenvalue weighted by Crippen LogP contribution is -2.43. The molecule has 1 aromatic rings. The van der Waals surface area contributed by atoms with E-state index in [1.54, 1.807) is 0 Å². The largest absolute Gasteiger partial charge is 0.480 e. The number of amides is 2. The van der Waals surface area contributed by atoms with Crippen LogP contribution >= 0.6 is 0 Å². The Morgan fingerprint density at radius 2 is 2.21 bits per heavy atom. The van der Waals surface area contributed by atoms with Gasteiger partial charge in [0.05, 0.1) is 6.42 Å². The van der Waals surface area contributed by atoms with Crippen LogP contribution in [0.4, 0.5) is 0 Å². The number of aromatic nitrogens is 1. The predicted molar refractivity (Wildman–Crippen MR) is 61.2 cm³/mol. The Morgan fingerprint density at radius 1 is 1.53 bits per heavy atom. The summed E-state index contributed by atoms with van der Waals surface area (Å²) in [5.74, 6) is -1.93. The molecule has 0 saturated heterocycles. The number of nitrogens with two attached hydrogens (primary N) is 1. The second-order valence-electron chi connectivity index (χ2n) is 4.42. The maximum atomic E-state index is 11.7. The van der Waals surface area contributed by atoms with Gasteiger partial charge < -0.3 is 20.7 Å². The van der Waals surface area contributed by atoms with E-state index in [0.29, 0.717) is 11.7 Å². The maximum Gasteiger partial charge on any atom is 0.326 e. The molecule has 1 aliphatic rings. The number of aliphatic carboxylic acids is 1. The van der Waals surface area contributed by atoms with Crippen molar-refractivity contribution in [2.75, 3.05) is 0 Å². The lowest BCUT2D eigenvalue weighted by Gasteiger charge is -2.10. The molecule has 0 unspecified atom stereocenters. The van der Waals surface area contributed by atoms with Crippen LogP contribution in [0.25, 0.3) is 0 Å². The molecule has 0 radical (unpaired) electrons. The van der Waals surface area contributed by atoms with Crippen molar-refractivity contribution < 1.29 is 24.0 Å². The number of primary amides is 1. The Morgan fingerprint density at radius 3 is 2.74 bits per heavy atom. The third-order valence-corrected chi connectivity index (χ3v) is 2.75. The molecule has 8 nitrogen and oxygen atoms in total. The number of carboxylic acid groups (broad SMARTS) is 1.